The quantitative estimate of drug-likeness (QED) is 0.771. The molecule has 1 amide bonds. The number of anilines is 2. The number of pyridine rings is 1. The number of nitrogens with one attached hydrogen (secondary N) is 1. The maximum Gasteiger partial charge on any atom is 0.245 e. The van der Waals surface area contributed by atoms with Gasteiger partial charge in [0.2, 0.25) is 5.91 Å². The second-order valence-electron chi connectivity index (χ2n) is 5.56. The van der Waals surface area contributed by atoms with E-state index in [4.69, 9.17) is 5.73 Å². The normalized spacial score (nSPS) is 18.1. The summed E-state index contributed by atoms with van der Waals surface area (Å²) in [5.74, 6) is 0.0395. The van der Waals surface area contributed by atoms with Gasteiger partial charge < -0.3 is 16.0 Å². The first-order chi connectivity index (χ1) is 9.51. The predicted molar refractivity (Wildman–Crippen MR) is 80.6 cm³/mol. The lowest BCUT2D eigenvalue weighted by atomic mass is 9.96. The number of aromatic nitrogens is 1. The third kappa shape index (κ3) is 1.78. The number of piperazine rings is 1. The van der Waals surface area contributed by atoms with Crippen LogP contribution in [0, 0.1) is 0 Å². The maximum absolute atomic E-state index is 12.1. The molecule has 2 heterocycles. The molecule has 1 aliphatic heterocycles. The molecule has 3 N–H and O–H groups in total. The molecule has 1 aliphatic rings. The van der Waals surface area contributed by atoms with E-state index < -0.39 is 5.54 Å². The molecule has 1 aromatic carbocycles. The first-order valence-electron chi connectivity index (χ1n) is 6.70. The van der Waals surface area contributed by atoms with Gasteiger partial charge in [0, 0.05) is 47.6 Å². The second-order valence-corrected chi connectivity index (χ2v) is 5.56. The number of carbonyl (C=O) groups is 1. The van der Waals surface area contributed by atoms with Crippen LogP contribution < -0.4 is 16.0 Å². The third-order valence-electron chi connectivity index (χ3n) is 3.97. The number of amides is 1. The highest BCUT2D eigenvalue weighted by molar-refractivity contribution is 6.03. The van der Waals surface area contributed by atoms with E-state index in [9.17, 15) is 4.79 Å². The largest absolute Gasteiger partial charge is 0.398 e. The number of fused-ring (bicyclic) bond motifs is 1. The van der Waals surface area contributed by atoms with Gasteiger partial charge in [0.1, 0.15) is 5.54 Å². The van der Waals surface area contributed by atoms with Crippen molar-refractivity contribution >= 4 is 28.1 Å². The van der Waals surface area contributed by atoms with Gasteiger partial charge in [-0.1, -0.05) is 0 Å². The molecule has 1 fully saturated rings. The van der Waals surface area contributed by atoms with Crippen LogP contribution in [0.5, 0.6) is 0 Å². The summed E-state index contributed by atoms with van der Waals surface area (Å²) in [6.45, 7) is 5.28. The molecule has 5 nitrogen and oxygen atoms in total. The number of carbonyl (C=O) groups excluding carboxylic acids is 1. The molecule has 20 heavy (non-hydrogen) atoms. The van der Waals surface area contributed by atoms with Gasteiger partial charge in [-0.25, -0.2) is 0 Å². The Morgan fingerprint density at radius 1 is 1.30 bits per heavy atom. The van der Waals surface area contributed by atoms with Crippen LogP contribution in [0.4, 0.5) is 11.4 Å². The smallest absolute Gasteiger partial charge is 0.245 e. The molecule has 0 saturated carbocycles. The fourth-order valence-electron chi connectivity index (χ4n) is 2.76. The van der Waals surface area contributed by atoms with Gasteiger partial charge in [-0.05, 0) is 32.0 Å². The lowest BCUT2D eigenvalue weighted by Crippen LogP contribution is -2.62. The molecule has 1 aromatic heterocycles. The summed E-state index contributed by atoms with van der Waals surface area (Å²) in [6, 6.07) is 5.77. The van der Waals surface area contributed by atoms with E-state index in [-0.39, 0.29) is 5.91 Å². The van der Waals surface area contributed by atoms with Crippen molar-refractivity contribution < 1.29 is 4.79 Å². The van der Waals surface area contributed by atoms with Crippen LogP contribution in [0.2, 0.25) is 0 Å². The Morgan fingerprint density at radius 3 is 2.90 bits per heavy atom. The van der Waals surface area contributed by atoms with E-state index in [0.29, 0.717) is 6.54 Å². The number of hydrogen-bond acceptors (Lipinski definition) is 4. The van der Waals surface area contributed by atoms with Gasteiger partial charge in [0.15, 0.2) is 0 Å². The summed E-state index contributed by atoms with van der Waals surface area (Å²) in [7, 11) is 0. The number of nitrogens with two attached hydrogens (primary N) is 1. The average Bonchev–Trinajstić information content (AvgIpc) is 2.43. The molecule has 0 spiro atoms. The zero-order chi connectivity index (χ0) is 14.3. The number of nitrogen functional groups attached to an aromatic ring is 1. The van der Waals surface area contributed by atoms with Gasteiger partial charge in [-0.15, -0.1) is 0 Å². The fourth-order valence-corrected chi connectivity index (χ4v) is 2.76. The van der Waals surface area contributed by atoms with Crippen molar-refractivity contribution in [3.05, 3.63) is 30.6 Å². The number of rotatable bonds is 1. The van der Waals surface area contributed by atoms with Crippen molar-refractivity contribution in [2.24, 2.45) is 0 Å². The van der Waals surface area contributed by atoms with Gasteiger partial charge in [0.25, 0.3) is 0 Å². The van der Waals surface area contributed by atoms with E-state index in [2.05, 4.69) is 15.2 Å². The molecule has 0 unspecified atom stereocenters. The van der Waals surface area contributed by atoms with Gasteiger partial charge in [0.05, 0.1) is 0 Å². The van der Waals surface area contributed by atoms with Crippen molar-refractivity contribution in [1.82, 2.24) is 10.3 Å². The minimum Gasteiger partial charge on any atom is -0.398 e. The van der Waals surface area contributed by atoms with E-state index in [1.165, 1.54) is 0 Å². The van der Waals surface area contributed by atoms with E-state index in [1.54, 1.807) is 6.20 Å². The molecule has 2 aromatic rings. The molecular weight excluding hydrogens is 252 g/mol. The third-order valence-corrected chi connectivity index (χ3v) is 3.97. The Bertz CT molecular complexity index is 681. The summed E-state index contributed by atoms with van der Waals surface area (Å²) < 4.78 is 0. The Hall–Kier alpha value is -2.30. The molecule has 0 radical (unpaired) electrons. The molecule has 0 bridgehead atoms. The zero-order valence-corrected chi connectivity index (χ0v) is 11.7. The summed E-state index contributed by atoms with van der Waals surface area (Å²) in [6.07, 6.45) is 3.54. The highest BCUT2D eigenvalue weighted by Gasteiger charge is 2.38. The summed E-state index contributed by atoms with van der Waals surface area (Å²) in [5, 5.41) is 4.86. The monoisotopic (exact) mass is 270 g/mol. The van der Waals surface area contributed by atoms with Crippen LogP contribution in [-0.4, -0.2) is 29.5 Å². The van der Waals surface area contributed by atoms with Gasteiger partial charge in [-0.3, -0.25) is 9.78 Å². The van der Waals surface area contributed by atoms with Crippen LogP contribution in [0.3, 0.4) is 0 Å². The van der Waals surface area contributed by atoms with Gasteiger partial charge >= 0.3 is 0 Å². The van der Waals surface area contributed by atoms with E-state index >= 15 is 0 Å². The Kier molecular flexibility index (Phi) is 2.78. The molecule has 0 aliphatic carbocycles. The number of benzene rings is 1. The van der Waals surface area contributed by atoms with Crippen molar-refractivity contribution in [2.75, 3.05) is 23.7 Å². The summed E-state index contributed by atoms with van der Waals surface area (Å²) in [4.78, 5) is 18.4. The van der Waals surface area contributed by atoms with Crippen molar-refractivity contribution in [3.8, 4) is 0 Å². The van der Waals surface area contributed by atoms with Crippen molar-refractivity contribution in [3.63, 3.8) is 0 Å². The van der Waals surface area contributed by atoms with Crippen molar-refractivity contribution in [1.29, 1.82) is 0 Å². The maximum atomic E-state index is 12.1. The zero-order valence-electron chi connectivity index (χ0n) is 11.7. The minimum absolute atomic E-state index is 0.0395. The molecule has 1 saturated heterocycles. The van der Waals surface area contributed by atoms with Crippen LogP contribution in [-0.2, 0) is 4.79 Å². The van der Waals surface area contributed by atoms with Gasteiger partial charge in [-0.2, -0.15) is 0 Å². The Balaban J connectivity index is 2.20. The standard InChI is InChI=1S/C15H18N4O/c1-15(2)14(20)18-7-8-19(15)13-4-3-12(16)10-5-6-17-9-11(10)13/h3-6,9H,7-8,16H2,1-2H3,(H,18,20). The lowest BCUT2D eigenvalue weighted by Gasteiger charge is -2.43. The average molecular weight is 270 g/mol. The number of nitrogens with zero attached hydrogens (tertiary/aromatic N) is 2. The number of hydrogen-bond donors (Lipinski definition) is 2. The second kappa shape index (κ2) is 4.37. The van der Waals surface area contributed by atoms with Crippen molar-refractivity contribution in [2.45, 2.75) is 19.4 Å². The first-order valence-corrected chi connectivity index (χ1v) is 6.70. The fraction of sp³-hybridized carbons (Fsp3) is 0.333. The predicted octanol–water partition coefficient (Wildman–Crippen LogP) is 1.53. The SMILES string of the molecule is CC1(C)C(=O)NCCN1c1ccc(N)c2ccncc12. The van der Waals surface area contributed by atoms with Crippen LogP contribution in [0.25, 0.3) is 10.8 Å². The Morgan fingerprint density at radius 2 is 2.10 bits per heavy atom. The van der Waals surface area contributed by atoms with E-state index in [1.807, 2.05) is 38.2 Å². The molecule has 0 atom stereocenters. The molecule has 3 rings (SSSR count). The molecule has 5 heteroatoms. The molecular formula is C15H18N4O. The minimum atomic E-state index is -0.586. The summed E-state index contributed by atoms with van der Waals surface area (Å²) >= 11 is 0. The van der Waals surface area contributed by atoms with E-state index in [0.717, 1.165) is 28.7 Å². The summed E-state index contributed by atoms with van der Waals surface area (Å²) in [5.41, 5.74) is 7.17. The van der Waals surface area contributed by atoms with Crippen LogP contribution >= 0.6 is 0 Å². The molecule has 104 valence electrons. The Labute approximate surface area is 117 Å². The highest BCUT2D eigenvalue weighted by Crippen LogP contribution is 2.34. The topological polar surface area (TPSA) is 71.2 Å². The van der Waals surface area contributed by atoms with Crippen LogP contribution in [0.1, 0.15) is 13.8 Å². The first kappa shape index (κ1) is 12.7. The van der Waals surface area contributed by atoms with Crippen LogP contribution in [0.15, 0.2) is 30.6 Å². The highest BCUT2D eigenvalue weighted by atomic mass is 16.2. The lowest BCUT2D eigenvalue weighted by molar-refractivity contribution is -0.126.